The Morgan fingerprint density at radius 3 is 2.95 bits per heavy atom. The minimum atomic E-state index is 0.144. The van der Waals surface area contributed by atoms with Crippen LogP contribution in [0.3, 0.4) is 0 Å². The molecule has 1 amide bonds. The number of hydrogen-bond donors (Lipinski definition) is 1. The van der Waals surface area contributed by atoms with E-state index in [2.05, 4.69) is 43.6 Å². The van der Waals surface area contributed by atoms with Crippen LogP contribution in [0.5, 0.6) is 0 Å². The summed E-state index contributed by atoms with van der Waals surface area (Å²) in [7, 11) is 0. The van der Waals surface area contributed by atoms with E-state index in [1.165, 1.54) is 24.1 Å². The van der Waals surface area contributed by atoms with Gasteiger partial charge in [-0.15, -0.1) is 11.3 Å². The van der Waals surface area contributed by atoms with Crippen molar-refractivity contribution in [3.8, 4) is 0 Å². The molecule has 1 fully saturated rings. The second-order valence-corrected chi connectivity index (χ2v) is 7.49. The van der Waals surface area contributed by atoms with Crippen LogP contribution in [0.4, 0.5) is 0 Å². The van der Waals surface area contributed by atoms with Crippen LogP contribution in [-0.4, -0.2) is 12.5 Å². The average molecular weight is 279 g/mol. The Balaban J connectivity index is 1.87. The summed E-state index contributed by atoms with van der Waals surface area (Å²) in [6.45, 7) is 7.47. The van der Waals surface area contributed by atoms with Crippen LogP contribution >= 0.6 is 11.3 Å². The first-order chi connectivity index (χ1) is 9.00. The molecule has 2 nitrogen and oxygen atoms in total. The van der Waals surface area contributed by atoms with E-state index in [-0.39, 0.29) is 17.2 Å². The predicted octanol–water partition coefficient (Wildman–Crippen LogP) is 3.87. The number of carbonyl (C=O) groups is 1. The van der Waals surface area contributed by atoms with Gasteiger partial charge in [-0.1, -0.05) is 33.3 Å². The van der Waals surface area contributed by atoms with Gasteiger partial charge in [-0.25, -0.2) is 0 Å². The molecule has 1 saturated carbocycles. The van der Waals surface area contributed by atoms with Crippen LogP contribution in [0.25, 0.3) is 0 Å². The van der Waals surface area contributed by atoms with Gasteiger partial charge in [-0.05, 0) is 42.0 Å². The van der Waals surface area contributed by atoms with Gasteiger partial charge in [0.15, 0.2) is 0 Å². The van der Waals surface area contributed by atoms with Crippen molar-refractivity contribution in [2.75, 3.05) is 6.54 Å². The summed E-state index contributed by atoms with van der Waals surface area (Å²) in [6.07, 6.45) is 4.56. The van der Waals surface area contributed by atoms with Gasteiger partial charge in [-0.2, -0.15) is 0 Å². The second-order valence-electron chi connectivity index (χ2n) is 6.46. The van der Waals surface area contributed by atoms with Gasteiger partial charge in [0.2, 0.25) is 5.91 Å². The topological polar surface area (TPSA) is 29.1 Å². The maximum Gasteiger partial charge on any atom is 0.223 e. The molecule has 1 aromatic heterocycles. The Hall–Kier alpha value is -0.830. The molecular weight excluding hydrogens is 254 g/mol. The summed E-state index contributed by atoms with van der Waals surface area (Å²) in [5, 5.41) is 5.23. The van der Waals surface area contributed by atoms with E-state index < -0.39 is 0 Å². The summed E-state index contributed by atoms with van der Waals surface area (Å²) in [6, 6.07) is 4.19. The molecule has 0 saturated heterocycles. The van der Waals surface area contributed by atoms with Gasteiger partial charge in [0.1, 0.15) is 0 Å². The summed E-state index contributed by atoms with van der Waals surface area (Å²) in [5.74, 6) is 0.934. The predicted molar refractivity (Wildman–Crippen MR) is 81.3 cm³/mol. The Morgan fingerprint density at radius 2 is 2.32 bits per heavy atom. The zero-order chi connectivity index (χ0) is 13.9. The second kappa shape index (κ2) is 6.08. The molecule has 0 radical (unpaired) electrons. The van der Waals surface area contributed by atoms with Crippen molar-refractivity contribution in [2.24, 2.45) is 17.3 Å². The molecular formula is C16H25NOS. The monoisotopic (exact) mass is 279 g/mol. The van der Waals surface area contributed by atoms with E-state index in [0.717, 1.165) is 13.0 Å². The van der Waals surface area contributed by atoms with E-state index in [1.807, 2.05) is 0 Å². The number of amides is 1. The summed E-state index contributed by atoms with van der Waals surface area (Å²) in [4.78, 5) is 13.8. The number of nitrogens with one attached hydrogen (secondary N) is 1. The van der Waals surface area contributed by atoms with Crippen molar-refractivity contribution in [1.82, 2.24) is 5.32 Å². The molecule has 0 bridgehead atoms. The van der Waals surface area contributed by atoms with Gasteiger partial charge in [-0.3, -0.25) is 4.79 Å². The van der Waals surface area contributed by atoms with E-state index >= 15 is 0 Å². The first-order valence-electron chi connectivity index (χ1n) is 7.31. The van der Waals surface area contributed by atoms with Crippen molar-refractivity contribution in [3.63, 3.8) is 0 Å². The van der Waals surface area contributed by atoms with Gasteiger partial charge < -0.3 is 5.32 Å². The van der Waals surface area contributed by atoms with E-state index in [4.69, 9.17) is 0 Å². The van der Waals surface area contributed by atoms with Gasteiger partial charge in [0.05, 0.1) is 0 Å². The number of carbonyl (C=O) groups excluding carboxylic acids is 1. The third kappa shape index (κ3) is 3.59. The molecule has 0 aliphatic heterocycles. The Morgan fingerprint density at radius 1 is 1.53 bits per heavy atom. The van der Waals surface area contributed by atoms with Crippen molar-refractivity contribution >= 4 is 17.2 Å². The molecule has 1 aliphatic rings. The van der Waals surface area contributed by atoms with Gasteiger partial charge in [0.25, 0.3) is 0 Å². The fourth-order valence-corrected chi connectivity index (χ4v) is 4.17. The normalized spacial score (nSPS) is 26.1. The third-order valence-electron chi connectivity index (χ3n) is 4.42. The SMILES string of the molecule is C[C@@H]1CCCC(C)(C)C1C(=O)NCCc1cccs1. The van der Waals surface area contributed by atoms with Crippen molar-refractivity contribution in [2.45, 2.75) is 46.5 Å². The first-order valence-corrected chi connectivity index (χ1v) is 8.19. The van der Waals surface area contributed by atoms with Crippen molar-refractivity contribution in [1.29, 1.82) is 0 Å². The van der Waals surface area contributed by atoms with Crippen molar-refractivity contribution < 1.29 is 4.79 Å². The summed E-state index contributed by atoms with van der Waals surface area (Å²) >= 11 is 1.76. The first kappa shape index (κ1) is 14.6. The van der Waals surface area contributed by atoms with Gasteiger partial charge in [0, 0.05) is 17.3 Å². The van der Waals surface area contributed by atoms with Crippen LogP contribution in [0.15, 0.2) is 17.5 Å². The smallest absolute Gasteiger partial charge is 0.223 e. The van der Waals surface area contributed by atoms with E-state index in [1.54, 1.807) is 11.3 Å². The molecule has 3 heteroatoms. The summed E-state index contributed by atoms with van der Waals surface area (Å²) < 4.78 is 0. The highest BCUT2D eigenvalue weighted by atomic mass is 32.1. The Labute approximate surface area is 120 Å². The fourth-order valence-electron chi connectivity index (χ4n) is 3.46. The molecule has 1 heterocycles. The quantitative estimate of drug-likeness (QED) is 0.890. The van der Waals surface area contributed by atoms with Crippen LogP contribution in [-0.2, 0) is 11.2 Å². The van der Waals surface area contributed by atoms with Crippen LogP contribution in [0.2, 0.25) is 0 Å². The number of rotatable bonds is 4. The maximum atomic E-state index is 12.4. The molecule has 0 aromatic carbocycles. The molecule has 2 atom stereocenters. The van der Waals surface area contributed by atoms with Crippen molar-refractivity contribution in [3.05, 3.63) is 22.4 Å². The molecule has 19 heavy (non-hydrogen) atoms. The van der Waals surface area contributed by atoms with Crippen LogP contribution < -0.4 is 5.32 Å². The van der Waals surface area contributed by atoms with Crippen LogP contribution in [0.1, 0.15) is 44.9 Å². The zero-order valence-corrected chi connectivity index (χ0v) is 13.1. The lowest BCUT2D eigenvalue weighted by molar-refractivity contribution is -0.132. The highest BCUT2D eigenvalue weighted by Gasteiger charge is 2.41. The maximum absolute atomic E-state index is 12.4. The van der Waals surface area contributed by atoms with E-state index in [0.29, 0.717) is 5.92 Å². The highest BCUT2D eigenvalue weighted by molar-refractivity contribution is 7.09. The molecule has 1 N–H and O–H groups in total. The minimum Gasteiger partial charge on any atom is -0.355 e. The highest BCUT2D eigenvalue weighted by Crippen LogP contribution is 2.43. The number of hydrogen-bond acceptors (Lipinski definition) is 2. The minimum absolute atomic E-state index is 0.144. The fraction of sp³-hybridized carbons (Fsp3) is 0.688. The van der Waals surface area contributed by atoms with Crippen LogP contribution in [0, 0.1) is 17.3 Å². The largest absolute Gasteiger partial charge is 0.355 e. The lowest BCUT2D eigenvalue weighted by Gasteiger charge is -2.41. The standard InChI is InChI=1S/C16H25NOS/c1-12-6-4-9-16(2,3)14(12)15(18)17-10-8-13-7-5-11-19-13/h5,7,11-12,14H,4,6,8-10H2,1-3H3,(H,17,18)/t12-,14?/m1/s1. The van der Waals surface area contributed by atoms with Gasteiger partial charge >= 0.3 is 0 Å². The van der Waals surface area contributed by atoms with E-state index in [9.17, 15) is 4.79 Å². The third-order valence-corrected chi connectivity index (χ3v) is 5.36. The molecule has 0 spiro atoms. The molecule has 1 unspecified atom stereocenters. The lowest BCUT2D eigenvalue weighted by Crippen LogP contribution is -2.45. The zero-order valence-electron chi connectivity index (χ0n) is 12.2. The Kier molecular flexibility index (Phi) is 4.67. The molecule has 106 valence electrons. The molecule has 1 aromatic rings. The number of thiophene rings is 1. The lowest BCUT2D eigenvalue weighted by atomic mass is 9.64. The summed E-state index contributed by atoms with van der Waals surface area (Å²) in [5.41, 5.74) is 0.144. The Bertz CT molecular complexity index is 410. The average Bonchev–Trinajstić information content (AvgIpc) is 2.80. The molecule has 1 aliphatic carbocycles. The molecule has 2 rings (SSSR count).